The van der Waals surface area contributed by atoms with Crippen LogP contribution < -0.4 is 10.4 Å². The van der Waals surface area contributed by atoms with Gasteiger partial charge in [-0.15, -0.1) is 0 Å². The van der Waals surface area contributed by atoms with E-state index in [1.165, 1.54) is 0 Å². The van der Waals surface area contributed by atoms with Gasteiger partial charge in [-0.25, -0.2) is 4.79 Å². The van der Waals surface area contributed by atoms with Gasteiger partial charge in [-0.3, -0.25) is 0 Å². The summed E-state index contributed by atoms with van der Waals surface area (Å²) in [7, 11) is 0. The molecule has 0 N–H and O–H groups in total. The first-order valence-electron chi connectivity index (χ1n) is 7.58. The number of aromatic nitrogens is 1. The highest BCUT2D eigenvalue weighted by molar-refractivity contribution is 5.82. The number of nitrogens with zero attached hydrogens (tertiary/aromatic N) is 1. The van der Waals surface area contributed by atoms with Crippen LogP contribution in [0.4, 0.5) is 0 Å². The molecule has 5 heteroatoms. The first kappa shape index (κ1) is 15.3. The topological polar surface area (TPSA) is 65.5 Å². The fraction of sp³-hybridized carbons (Fsp3) is 0.333. The van der Waals surface area contributed by atoms with Gasteiger partial charge in [-0.1, -0.05) is 19.0 Å². The van der Waals surface area contributed by atoms with Gasteiger partial charge >= 0.3 is 5.63 Å². The van der Waals surface area contributed by atoms with Crippen molar-refractivity contribution in [2.75, 3.05) is 0 Å². The molecule has 0 amide bonds. The lowest BCUT2D eigenvalue weighted by atomic mass is 10.00. The SMILES string of the molecule is Cc1noc(C)c1COc1ccc2c(C(C)C)cc(=O)oc2c1. The molecule has 0 bridgehead atoms. The predicted octanol–water partition coefficient (Wildman–Crippen LogP) is 4.10. The Morgan fingerprint density at radius 1 is 1.22 bits per heavy atom. The standard InChI is InChI=1S/C18H19NO4/c1-10(2)15-8-18(20)22-17-7-13(5-6-14(15)17)21-9-16-11(3)19-23-12(16)4/h5-8,10H,9H2,1-4H3. The third-order valence-electron chi connectivity index (χ3n) is 3.93. The first-order valence-corrected chi connectivity index (χ1v) is 7.58. The van der Waals surface area contributed by atoms with Crippen molar-refractivity contribution >= 4 is 11.0 Å². The molecule has 23 heavy (non-hydrogen) atoms. The molecule has 2 aromatic heterocycles. The Bertz CT molecular complexity index is 886. The predicted molar refractivity (Wildman–Crippen MR) is 86.9 cm³/mol. The van der Waals surface area contributed by atoms with Crippen LogP contribution in [0.15, 0.2) is 38.0 Å². The molecule has 2 heterocycles. The molecular weight excluding hydrogens is 294 g/mol. The highest BCUT2D eigenvalue weighted by Gasteiger charge is 2.12. The highest BCUT2D eigenvalue weighted by Crippen LogP contribution is 2.27. The fourth-order valence-electron chi connectivity index (χ4n) is 2.60. The summed E-state index contributed by atoms with van der Waals surface area (Å²) < 4.78 is 16.2. The monoisotopic (exact) mass is 313 g/mol. The quantitative estimate of drug-likeness (QED) is 0.678. The molecule has 0 unspecified atom stereocenters. The van der Waals surface area contributed by atoms with Gasteiger partial charge in [0.25, 0.3) is 0 Å². The van der Waals surface area contributed by atoms with Gasteiger partial charge in [0.1, 0.15) is 23.7 Å². The lowest BCUT2D eigenvalue weighted by Gasteiger charge is -2.10. The van der Waals surface area contributed by atoms with E-state index in [4.69, 9.17) is 13.7 Å². The van der Waals surface area contributed by atoms with Crippen molar-refractivity contribution in [2.24, 2.45) is 0 Å². The zero-order valence-corrected chi connectivity index (χ0v) is 13.7. The van der Waals surface area contributed by atoms with Crippen molar-refractivity contribution < 1.29 is 13.7 Å². The van der Waals surface area contributed by atoms with E-state index in [1.54, 1.807) is 12.1 Å². The third kappa shape index (κ3) is 2.99. The molecule has 1 aromatic carbocycles. The van der Waals surface area contributed by atoms with E-state index in [-0.39, 0.29) is 11.5 Å². The second kappa shape index (κ2) is 5.91. The number of rotatable bonds is 4. The Kier molecular flexibility index (Phi) is 3.94. The van der Waals surface area contributed by atoms with Gasteiger partial charge in [-0.05, 0) is 37.5 Å². The summed E-state index contributed by atoms with van der Waals surface area (Å²) in [5.41, 5.74) is 2.93. The van der Waals surface area contributed by atoms with Crippen LogP contribution in [0.1, 0.15) is 42.3 Å². The van der Waals surface area contributed by atoms with Crippen LogP contribution in [0.2, 0.25) is 0 Å². The number of hydrogen-bond acceptors (Lipinski definition) is 5. The first-order chi connectivity index (χ1) is 11.0. The minimum absolute atomic E-state index is 0.246. The third-order valence-corrected chi connectivity index (χ3v) is 3.93. The molecule has 0 saturated heterocycles. The van der Waals surface area contributed by atoms with Gasteiger partial charge in [0, 0.05) is 17.5 Å². The van der Waals surface area contributed by atoms with E-state index >= 15 is 0 Å². The number of fused-ring (bicyclic) bond motifs is 1. The molecule has 5 nitrogen and oxygen atoms in total. The molecule has 3 rings (SSSR count). The van der Waals surface area contributed by atoms with Crippen LogP contribution >= 0.6 is 0 Å². The minimum Gasteiger partial charge on any atom is -0.489 e. The molecular formula is C18H19NO4. The molecule has 0 radical (unpaired) electrons. The number of aryl methyl sites for hydroxylation is 2. The average Bonchev–Trinajstić information content (AvgIpc) is 2.82. The van der Waals surface area contributed by atoms with Crippen molar-refractivity contribution in [3.63, 3.8) is 0 Å². The molecule has 0 aliphatic rings. The summed E-state index contributed by atoms with van der Waals surface area (Å²) in [6.45, 7) is 8.20. The summed E-state index contributed by atoms with van der Waals surface area (Å²) in [5.74, 6) is 1.63. The Hall–Kier alpha value is -2.56. The Morgan fingerprint density at radius 2 is 2.00 bits per heavy atom. The normalized spacial score (nSPS) is 11.3. The van der Waals surface area contributed by atoms with E-state index in [0.717, 1.165) is 28.0 Å². The van der Waals surface area contributed by atoms with Gasteiger partial charge < -0.3 is 13.7 Å². The lowest BCUT2D eigenvalue weighted by Crippen LogP contribution is -2.02. The summed E-state index contributed by atoms with van der Waals surface area (Å²) in [6, 6.07) is 7.11. The summed E-state index contributed by atoms with van der Waals surface area (Å²) >= 11 is 0. The maximum atomic E-state index is 11.7. The van der Waals surface area contributed by atoms with Crippen LogP contribution in [0, 0.1) is 13.8 Å². The van der Waals surface area contributed by atoms with Crippen LogP contribution in [-0.2, 0) is 6.61 Å². The Labute approximate surface area is 133 Å². The van der Waals surface area contributed by atoms with E-state index in [2.05, 4.69) is 19.0 Å². The smallest absolute Gasteiger partial charge is 0.336 e. The Balaban J connectivity index is 1.93. The molecule has 0 fully saturated rings. The maximum Gasteiger partial charge on any atom is 0.336 e. The second-order valence-electron chi connectivity index (χ2n) is 5.92. The van der Waals surface area contributed by atoms with Gasteiger partial charge in [0.05, 0.1) is 11.3 Å². The van der Waals surface area contributed by atoms with Crippen molar-refractivity contribution in [1.29, 1.82) is 0 Å². The number of benzene rings is 1. The minimum atomic E-state index is -0.343. The number of hydrogen-bond donors (Lipinski definition) is 0. The van der Waals surface area contributed by atoms with E-state index in [9.17, 15) is 4.79 Å². The van der Waals surface area contributed by atoms with Crippen LogP contribution in [0.3, 0.4) is 0 Å². The van der Waals surface area contributed by atoms with Crippen molar-refractivity contribution in [3.8, 4) is 5.75 Å². The summed E-state index contributed by atoms with van der Waals surface area (Å²) in [4.78, 5) is 11.7. The maximum absolute atomic E-state index is 11.7. The fourth-order valence-corrected chi connectivity index (χ4v) is 2.60. The highest BCUT2D eigenvalue weighted by atomic mass is 16.5. The molecule has 0 spiro atoms. The van der Waals surface area contributed by atoms with Gasteiger partial charge in [-0.2, -0.15) is 0 Å². The summed E-state index contributed by atoms with van der Waals surface area (Å²) in [5, 5.41) is 4.84. The molecule has 120 valence electrons. The van der Waals surface area contributed by atoms with Gasteiger partial charge in [0.15, 0.2) is 0 Å². The molecule has 0 atom stereocenters. The lowest BCUT2D eigenvalue weighted by molar-refractivity contribution is 0.301. The largest absolute Gasteiger partial charge is 0.489 e. The molecule has 0 aliphatic carbocycles. The van der Waals surface area contributed by atoms with E-state index in [1.807, 2.05) is 26.0 Å². The molecule has 0 aliphatic heterocycles. The van der Waals surface area contributed by atoms with Crippen molar-refractivity contribution in [3.05, 3.63) is 57.3 Å². The second-order valence-corrected chi connectivity index (χ2v) is 5.92. The van der Waals surface area contributed by atoms with Crippen LogP contribution in [0.25, 0.3) is 11.0 Å². The number of ether oxygens (including phenoxy) is 1. The average molecular weight is 313 g/mol. The summed E-state index contributed by atoms with van der Waals surface area (Å²) in [6.07, 6.45) is 0. The molecule has 3 aromatic rings. The zero-order valence-electron chi connectivity index (χ0n) is 13.7. The van der Waals surface area contributed by atoms with Crippen molar-refractivity contribution in [2.45, 2.75) is 40.2 Å². The zero-order chi connectivity index (χ0) is 16.6. The van der Waals surface area contributed by atoms with E-state index in [0.29, 0.717) is 17.9 Å². The van der Waals surface area contributed by atoms with Gasteiger partial charge in [0.2, 0.25) is 0 Å². The van der Waals surface area contributed by atoms with E-state index < -0.39 is 0 Å². The van der Waals surface area contributed by atoms with Crippen LogP contribution in [-0.4, -0.2) is 5.16 Å². The molecule has 0 saturated carbocycles. The Morgan fingerprint density at radius 3 is 2.65 bits per heavy atom. The van der Waals surface area contributed by atoms with Crippen LogP contribution in [0.5, 0.6) is 5.75 Å². The van der Waals surface area contributed by atoms with Crippen molar-refractivity contribution in [1.82, 2.24) is 5.16 Å².